The first-order valence-electron chi connectivity index (χ1n) is 5.95. The summed E-state index contributed by atoms with van der Waals surface area (Å²) in [6, 6.07) is 12.3. The maximum atomic E-state index is 12.8. The van der Waals surface area contributed by atoms with Crippen molar-refractivity contribution >= 4 is 22.9 Å². The molecule has 0 amide bonds. The van der Waals surface area contributed by atoms with E-state index < -0.39 is 0 Å². The molecule has 0 aliphatic rings. The van der Waals surface area contributed by atoms with E-state index in [2.05, 4.69) is 5.32 Å². The largest absolute Gasteiger partial charge is 0.389 e. The second kappa shape index (κ2) is 5.80. The zero-order valence-electron chi connectivity index (χ0n) is 10.6. The third-order valence-electron chi connectivity index (χ3n) is 2.84. The van der Waals surface area contributed by atoms with Gasteiger partial charge in [0.15, 0.2) is 0 Å². The summed E-state index contributed by atoms with van der Waals surface area (Å²) in [7, 11) is 0. The van der Waals surface area contributed by atoms with Gasteiger partial charge < -0.3 is 11.1 Å². The average molecular weight is 274 g/mol. The van der Waals surface area contributed by atoms with Crippen LogP contribution < -0.4 is 11.1 Å². The van der Waals surface area contributed by atoms with Crippen LogP contribution in [0.15, 0.2) is 42.5 Å². The molecule has 0 unspecified atom stereocenters. The first kappa shape index (κ1) is 13.5. The van der Waals surface area contributed by atoms with Gasteiger partial charge in [-0.1, -0.05) is 36.0 Å². The lowest BCUT2D eigenvalue weighted by molar-refractivity contribution is 0.627. The van der Waals surface area contributed by atoms with Crippen LogP contribution in [0.5, 0.6) is 0 Å². The van der Waals surface area contributed by atoms with E-state index in [-0.39, 0.29) is 5.82 Å². The highest BCUT2D eigenvalue weighted by Gasteiger charge is 2.05. The highest BCUT2D eigenvalue weighted by atomic mass is 32.1. The van der Waals surface area contributed by atoms with Gasteiger partial charge in [-0.05, 0) is 36.8 Å². The predicted molar refractivity (Wildman–Crippen MR) is 80.8 cm³/mol. The van der Waals surface area contributed by atoms with E-state index in [4.69, 9.17) is 18.0 Å². The fourth-order valence-corrected chi connectivity index (χ4v) is 1.98. The zero-order chi connectivity index (χ0) is 13.8. The fourth-order valence-electron chi connectivity index (χ4n) is 1.82. The standard InChI is InChI=1S/C15H15FN2S/c1-10-2-7-14(13(8-10)15(17)19)18-9-11-3-5-12(16)6-4-11/h2-8,18H,9H2,1H3,(H2,17,19). The average Bonchev–Trinajstić information content (AvgIpc) is 2.39. The first-order valence-corrected chi connectivity index (χ1v) is 6.36. The number of benzene rings is 2. The molecule has 0 atom stereocenters. The maximum Gasteiger partial charge on any atom is 0.123 e. The minimum atomic E-state index is -0.233. The van der Waals surface area contributed by atoms with Crippen molar-refractivity contribution in [2.24, 2.45) is 5.73 Å². The Bertz CT molecular complexity index is 594. The van der Waals surface area contributed by atoms with Crippen molar-refractivity contribution < 1.29 is 4.39 Å². The molecular weight excluding hydrogens is 259 g/mol. The van der Waals surface area contributed by atoms with Crippen LogP contribution in [0.2, 0.25) is 0 Å². The molecule has 0 saturated carbocycles. The van der Waals surface area contributed by atoms with Crippen LogP contribution in [0.3, 0.4) is 0 Å². The number of halogens is 1. The van der Waals surface area contributed by atoms with Crippen molar-refractivity contribution in [3.05, 3.63) is 65.0 Å². The Hall–Kier alpha value is -1.94. The molecule has 2 aromatic carbocycles. The Morgan fingerprint density at radius 2 is 1.89 bits per heavy atom. The second-order valence-corrected chi connectivity index (χ2v) is 4.83. The highest BCUT2D eigenvalue weighted by Crippen LogP contribution is 2.18. The van der Waals surface area contributed by atoms with Gasteiger partial charge in [0.25, 0.3) is 0 Å². The number of anilines is 1. The van der Waals surface area contributed by atoms with Crippen molar-refractivity contribution in [2.45, 2.75) is 13.5 Å². The number of hydrogen-bond acceptors (Lipinski definition) is 2. The van der Waals surface area contributed by atoms with Crippen LogP contribution in [0.25, 0.3) is 0 Å². The molecule has 19 heavy (non-hydrogen) atoms. The Morgan fingerprint density at radius 3 is 2.53 bits per heavy atom. The number of hydrogen-bond donors (Lipinski definition) is 2. The first-order chi connectivity index (χ1) is 9.06. The van der Waals surface area contributed by atoms with Gasteiger partial charge in [0.05, 0.1) is 0 Å². The molecule has 0 bridgehead atoms. The quantitative estimate of drug-likeness (QED) is 0.839. The van der Waals surface area contributed by atoms with Crippen LogP contribution in [0.4, 0.5) is 10.1 Å². The SMILES string of the molecule is Cc1ccc(NCc2ccc(F)cc2)c(C(N)=S)c1. The maximum absolute atomic E-state index is 12.8. The molecule has 2 rings (SSSR count). The lowest BCUT2D eigenvalue weighted by atomic mass is 10.1. The monoisotopic (exact) mass is 274 g/mol. The molecular formula is C15H15FN2S. The molecule has 0 radical (unpaired) electrons. The molecule has 3 N–H and O–H groups in total. The third-order valence-corrected chi connectivity index (χ3v) is 3.06. The van der Waals surface area contributed by atoms with E-state index in [0.717, 1.165) is 22.4 Å². The summed E-state index contributed by atoms with van der Waals surface area (Å²) in [5.74, 6) is -0.233. The summed E-state index contributed by atoms with van der Waals surface area (Å²) in [5.41, 5.74) is 9.54. The number of nitrogens with two attached hydrogens (primary N) is 1. The van der Waals surface area contributed by atoms with E-state index >= 15 is 0 Å². The van der Waals surface area contributed by atoms with Crippen molar-refractivity contribution in [3.63, 3.8) is 0 Å². The van der Waals surface area contributed by atoms with E-state index in [0.29, 0.717) is 11.5 Å². The molecule has 0 aliphatic heterocycles. The molecule has 98 valence electrons. The van der Waals surface area contributed by atoms with Gasteiger partial charge in [0.1, 0.15) is 10.8 Å². The van der Waals surface area contributed by atoms with Gasteiger partial charge in [-0.25, -0.2) is 4.39 Å². The topological polar surface area (TPSA) is 38.0 Å². The van der Waals surface area contributed by atoms with E-state index in [9.17, 15) is 4.39 Å². The van der Waals surface area contributed by atoms with Gasteiger partial charge in [-0.2, -0.15) is 0 Å². The fraction of sp³-hybridized carbons (Fsp3) is 0.133. The molecule has 0 heterocycles. The van der Waals surface area contributed by atoms with Crippen LogP contribution in [0.1, 0.15) is 16.7 Å². The minimum absolute atomic E-state index is 0.233. The smallest absolute Gasteiger partial charge is 0.123 e. The summed E-state index contributed by atoms with van der Waals surface area (Å²) in [6.07, 6.45) is 0. The predicted octanol–water partition coefficient (Wildman–Crippen LogP) is 3.38. The summed E-state index contributed by atoms with van der Waals surface area (Å²) in [5, 5.41) is 3.27. The molecule has 0 spiro atoms. The number of nitrogens with one attached hydrogen (secondary N) is 1. The van der Waals surface area contributed by atoms with E-state index in [1.165, 1.54) is 12.1 Å². The van der Waals surface area contributed by atoms with E-state index in [1.807, 2.05) is 25.1 Å². The van der Waals surface area contributed by atoms with Crippen molar-refractivity contribution in [2.75, 3.05) is 5.32 Å². The summed E-state index contributed by atoms with van der Waals surface area (Å²) < 4.78 is 12.8. The molecule has 0 saturated heterocycles. The summed E-state index contributed by atoms with van der Waals surface area (Å²) in [4.78, 5) is 0.366. The Balaban J connectivity index is 2.15. The number of thiocarbonyl (C=S) groups is 1. The van der Waals surface area contributed by atoms with Crippen molar-refractivity contribution in [1.29, 1.82) is 0 Å². The molecule has 2 aromatic rings. The van der Waals surface area contributed by atoms with Crippen LogP contribution >= 0.6 is 12.2 Å². The Morgan fingerprint density at radius 1 is 1.21 bits per heavy atom. The number of aryl methyl sites for hydroxylation is 1. The van der Waals surface area contributed by atoms with Gasteiger partial charge in [-0.15, -0.1) is 0 Å². The van der Waals surface area contributed by atoms with Crippen molar-refractivity contribution in [1.82, 2.24) is 0 Å². The Labute approximate surface area is 117 Å². The normalized spacial score (nSPS) is 10.2. The van der Waals surface area contributed by atoms with Gasteiger partial charge >= 0.3 is 0 Å². The molecule has 0 fully saturated rings. The van der Waals surface area contributed by atoms with Crippen LogP contribution in [-0.2, 0) is 6.54 Å². The lowest BCUT2D eigenvalue weighted by Crippen LogP contribution is -2.13. The lowest BCUT2D eigenvalue weighted by Gasteiger charge is -2.12. The Kier molecular flexibility index (Phi) is 4.12. The van der Waals surface area contributed by atoms with Gasteiger partial charge in [0.2, 0.25) is 0 Å². The summed E-state index contributed by atoms with van der Waals surface area (Å²) in [6.45, 7) is 2.59. The molecule has 0 aliphatic carbocycles. The number of rotatable bonds is 4. The second-order valence-electron chi connectivity index (χ2n) is 4.39. The van der Waals surface area contributed by atoms with Crippen molar-refractivity contribution in [3.8, 4) is 0 Å². The highest BCUT2D eigenvalue weighted by molar-refractivity contribution is 7.80. The van der Waals surface area contributed by atoms with Crippen LogP contribution in [-0.4, -0.2) is 4.99 Å². The van der Waals surface area contributed by atoms with E-state index in [1.54, 1.807) is 12.1 Å². The minimum Gasteiger partial charge on any atom is -0.389 e. The molecule has 0 aromatic heterocycles. The zero-order valence-corrected chi connectivity index (χ0v) is 11.4. The van der Waals surface area contributed by atoms with Gasteiger partial charge in [0, 0.05) is 17.8 Å². The van der Waals surface area contributed by atoms with Gasteiger partial charge in [-0.3, -0.25) is 0 Å². The molecule has 4 heteroatoms. The van der Waals surface area contributed by atoms with Crippen LogP contribution in [0, 0.1) is 12.7 Å². The molecule has 2 nitrogen and oxygen atoms in total. The summed E-state index contributed by atoms with van der Waals surface area (Å²) >= 11 is 5.05. The third kappa shape index (κ3) is 3.51.